The van der Waals surface area contributed by atoms with Crippen molar-refractivity contribution in [1.29, 1.82) is 0 Å². The van der Waals surface area contributed by atoms with Gasteiger partial charge in [-0.25, -0.2) is 9.78 Å². The second-order valence-corrected chi connectivity index (χ2v) is 2.58. The number of nitrogens with two attached hydrogens (primary N) is 2. The number of carboxylic acids is 1. The van der Waals surface area contributed by atoms with Crippen LogP contribution in [-0.4, -0.2) is 22.0 Å². The molecule has 0 aromatic carbocycles. The highest BCUT2D eigenvalue weighted by Crippen LogP contribution is 2.09. The van der Waals surface area contributed by atoms with E-state index in [1.54, 1.807) is 0 Å². The molecular weight excluding hydrogens is 198 g/mol. The standard InChI is InChI=1S/C9H7N3O3/c10-6-3-5(1-2-7(11)13)4-12-8(6)9(14)15/h3-4H,10H2,(H2,11,13)(H,14,15). The van der Waals surface area contributed by atoms with E-state index in [0.29, 0.717) is 5.56 Å². The van der Waals surface area contributed by atoms with Gasteiger partial charge in [0.05, 0.1) is 5.69 Å². The lowest BCUT2D eigenvalue weighted by Gasteiger charge is -1.98. The smallest absolute Gasteiger partial charge is 0.356 e. The number of rotatable bonds is 1. The lowest BCUT2D eigenvalue weighted by Crippen LogP contribution is -2.07. The Kier molecular flexibility index (Phi) is 2.88. The van der Waals surface area contributed by atoms with E-state index in [2.05, 4.69) is 16.8 Å². The van der Waals surface area contributed by atoms with Gasteiger partial charge in [-0.3, -0.25) is 4.79 Å². The predicted molar refractivity (Wildman–Crippen MR) is 51.7 cm³/mol. The number of anilines is 1. The first-order valence-corrected chi connectivity index (χ1v) is 3.81. The van der Waals surface area contributed by atoms with E-state index in [9.17, 15) is 9.59 Å². The molecule has 1 heterocycles. The molecule has 0 aliphatic carbocycles. The fourth-order valence-corrected chi connectivity index (χ4v) is 0.863. The summed E-state index contributed by atoms with van der Waals surface area (Å²) in [7, 11) is 0. The zero-order valence-corrected chi connectivity index (χ0v) is 7.52. The Morgan fingerprint density at radius 1 is 1.47 bits per heavy atom. The summed E-state index contributed by atoms with van der Waals surface area (Å²) in [4.78, 5) is 24.5. The number of aromatic nitrogens is 1. The monoisotopic (exact) mass is 205 g/mol. The number of nitrogens with zero attached hydrogens (tertiary/aromatic N) is 1. The topological polar surface area (TPSA) is 119 Å². The molecule has 0 saturated carbocycles. The Morgan fingerprint density at radius 3 is 2.60 bits per heavy atom. The van der Waals surface area contributed by atoms with Crippen molar-refractivity contribution in [3.63, 3.8) is 0 Å². The van der Waals surface area contributed by atoms with E-state index < -0.39 is 11.9 Å². The Morgan fingerprint density at radius 2 is 2.13 bits per heavy atom. The second kappa shape index (κ2) is 4.11. The molecule has 0 fully saturated rings. The van der Waals surface area contributed by atoms with Crippen LogP contribution < -0.4 is 11.5 Å². The number of pyridine rings is 1. The molecular formula is C9H7N3O3. The van der Waals surface area contributed by atoms with Crippen LogP contribution >= 0.6 is 0 Å². The summed E-state index contributed by atoms with van der Waals surface area (Å²) in [5.41, 5.74) is 10.3. The SMILES string of the molecule is NC(=O)C#Cc1cnc(C(=O)O)c(N)c1. The average molecular weight is 205 g/mol. The number of carboxylic acid groups (broad SMARTS) is 1. The van der Waals surface area contributed by atoms with Crippen molar-refractivity contribution in [2.75, 3.05) is 5.73 Å². The average Bonchev–Trinajstić information content (AvgIpc) is 2.14. The van der Waals surface area contributed by atoms with Crippen LogP contribution in [0.15, 0.2) is 12.3 Å². The lowest BCUT2D eigenvalue weighted by molar-refractivity contribution is -0.112. The molecule has 6 nitrogen and oxygen atoms in total. The van der Waals surface area contributed by atoms with Crippen LogP contribution in [0.4, 0.5) is 5.69 Å². The molecule has 1 aromatic heterocycles. The van der Waals surface area contributed by atoms with Crippen molar-refractivity contribution in [3.8, 4) is 11.8 Å². The first-order valence-electron chi connectivity index (χ1n) is 3.81. The minimum atomic E-state index is -1.22. The fourth-order valence-electron chi connectivity index (χ4n) is 0.863. The maximum Gasteiger partial charge on any atom is 0.356 e. The molecule has 76 valence electrons. The van der Waals surface area contributed by atoms with Crippen LogP contribution in [0.3, 0.4) is 0 Å². The van der Waals surface area contributed by atoms with Gasteiger partial charge in [0, 0.05) is 17.7 Å². The molecule has 0 aliphatic heterocycles. The molecule has 1 rings (SSSR count). The van der Waals surface area contributed by atoms with Crippen molar-refractivity contribution in [2.24, 2.45) is 5.73 Å². The maximum atomic E-state index is 10.5. The number of carbonyl (C=O) groups excluding carboxylic acids is 1. The number of amides is 1. The zero-order valence-electron chi connectivity index (χ0n) is 7.52. The molecule has 0 radical (unpaired) electrons. The van der Waals surface area contributed by atoms with E-state index in [1.165, 1.54) is 12.3 Å². The Hall–Kier alpha value is -2.55. The van der Waals surface area contributed by atoms with Gasteiger partial charge in [0.1, 0.15) is 0 Å². The molecule has 0 bridgehead atoms. The van der Waals surface area contributed by atoms with Crippen LogP contribution in [0, 0.1) is 11.8 Å². The third-order valence-corrected chi connectivity index (χ3v) is 1.45. The van der Waals surface area contributed by atoms with Gasteiger partial charge in [-0.1, -0.05) is 5.92 Å². The van der Waals surface area contributed by atoms with E-state index in [4.69, 9.17) is 16.6 Å². The second-order valence-electron chi connectivity index (χ2n) is 2.58. The summed E-state index contributed by atoms with van der Waals surface area (Å²) >= 11 is 0. The van der Waals surface area contributed by atoms with Crippen LogP contribution in [-0.2, 0) is 4.79 Å². The van der Waals surface area contributed by atoms with Crippen LogP contribution in [0.25, 0.3) is 0 Å². The summed E-state index contributed by atoms with van der Waals surface area (Å²) in [5.74, 6) is 2.47. The Balaban J connectivity index is 3.09. The molecule has 6 heteroatoms. The number of hydrogen-bond donors (Lipinski definition) is 3. The Bertz CT molecular complexity index is 485. The van der Waals surface area contributed by atoms with Gasteiger partial charge in [0.25, 0.3) is 5.91 Å². The largest absolute Gasteiger partial charge is 0.476 e. The van der Waals surface area contributed by atoms with Gasteiger partial charge in [-0.05, 0) is 6.07 Å². The summed E-state index contributed by atoms with van der Waals surface area (Å²) < 4.78 is 0. The predicted octanol–water partition coefficient (Wildman–Crippen LogP) is -0.801. The highest BCUT2D eigenvalue weighted by Gasteiger charge is 2.08. The van der Waals surface area contributed by atoms with E-state index in [1.807, 2.05) is 0 Å². The first-order chi connectivity index (χ1) is 7.00. The van der Waals surface area contributed by atoms with Gasteiger partial charge >= 0.3 is 5.97 Å². The van der Waals surface area contributed by atoms with E-state index in [0.717, 1.165) is 0 Å². The summed E-state index contributed by atoms with van der Waals surface area (Å²) in [6.45, 7) is 0. The molecule has 15 heavy (non-hydrogen) atoms. The van der Waals surface area contributed by atoms with Crippen molar-refractivity contribution in [1.82, 2.24) is 4.98 Å². The van der Waals surface area contributed by atoms with Gasteiger partial charge in [0.2, 0.25) is 0 Å². The molecule has 0 aliphatic rings. The molecule has 0 unspecified atom stereocenters. The fraction of sp³-hybridized carbons (Fsp3) is 0. The van der Waals surface area contributed by atoms with E-state index in [-0.39, 0.29) is 11.4 Å². The summed E-state index contributed by atoms with van der Waals surface area (Å²) in [5, 5.41) is 8.62. The minimum absolute atomic E-state index is 0.0150. The molecule has 1 aromatic rings. The summed E-state index contributed by atoms with van der Waals surface area (Å²) in [6.07, 6.45) is 1.20. The number of carbonyl (C=O) groups is 2. The van der Waals surface area contributed by atoms with Crippen LogP contribution in [0.5, 0.6) is 0 Å². The van der Waals surface area contributed by atoms with E-state index >= 15 is 0 Å². The minimum Gasteiger partial charge on any atom is -0.476 e. The summed E-state index contributed by atoms with van der Waals surface area (Å²) in [6, 6.07) is 1.31. The Labute approximate surface area is 84.9 Å². The highest BCUT2D eigenvalue weighted by molar-refractivity contribution is 5.93. The number of nitrogen functional groups attached to an aromatic ring is 1. The maximum absolute atomic E-state index is 10.5. The van der Waals surface area contributed by atoms with Gasteiger partial charge in [-0.2, -0.15) is 0 Å². The van der Waals surface area contributed by atoms with Crippen molar-refractivity contribution in [3.05, 3.63) is 23.5 Å². The first kappa shape index (κ1) is 10.5. The number of hydrogen-bond acceptors (Lipinski definition) is 4. The molecule has 5 N–H and O–H groups in total. The third-order valence-electron chi connectivity index (χ3n) is 1.45. The molecule has 0 saturated heterocycles. The number of aromatic carboxylic acids is 1. The zero-order chi connectivity index (χ0) is 11.4. The van der Waals surface area contributed by atoms with Crippen molar-refractivity contribution < 1.29 is 14.7 Å². The van der Waals surface area contributed by atoms with Crippen molar-refractivity contribution in [2.45, 2.75) is 0 Å². The quantitative estimate of drug-likeness (QED) is 0.518. The van der Waals surface area contributed by atoms with Crippen LogP contribution in [0.2, 0.25) is 0 Å². The number of primary amides is 1. The molecule has 0 atom stereocenters. The van der Waals surface area contributed by atoms with Gasteiger partial charge in [0.15, 0.2) is 5.69 Å². The van der Waals surface area contributed by atoms with Gasteiger partial charge < -0.3 is 16.6 Å². The third kappa shape index (κ3) is 2.70. The van der Waals surface area contributed by atoms with Gasteiger partial charge in [-0.15, -0.1) is 0 Å². The normalized spacial score (nSPS) is 8.80. The lowest BCUT2D eigenvalue weighted by atomic mass is 10.2. The van der Waals surface area contributed by atoms with Crippen LogP contribution in [0.1, 0.15) is 16.1 Å². The van der Waals surface area contributed by atoms with Crippen molar-refractivity contribution >= 4 is 17.6 Å². The molecule has 1 amide bonds. The highest BCUT2D eigenvalue weighted by atomic mass is 16.4. The molecule has 0 spiro atoms.